The lowest BCUT2D eigenvalue weighted by atomic mass is 9.84. The molecule has 2 aromatic rings. The number of nitrogens with one attached hydrogen (secondary N) is 1. The molecule has 0 bridgehead atoms. The number of methoxy groups -OCH3 is 1. The number of ether oxygens (including phenoxy) is 1. The predicted molar refractivity (Wildman–Crippen MR) is 72.2 cm³/mol. The van der Waals surface area contributed by atoms with E-state index in [1.807, 2.05) is 12.1 Å². The van der Waals surface area contributed by atoms with Gasteiger partial charge in [-0.1, -0.05) is 35.6 Å². The summed E-state index contributed by atoms with van der Waals surface area (Å²) in [6.45, 7) is 5.10. The number of nitrogens with zero attached hydrogens (tertiary/aromatic N) is 3. The zero-order valence-electron chi connectivity index (χ0n) is 10.7. The lowest BCUT2D eigenvalue weighted by Gasteiger charge is -2.25. The lowest BCUT2D eigenvalue weighted by molar-refractivity contribution is 0.412. The second-order valence-corrected chi connectivity index (χ2v) is 5.37. The van der Waals surface area contributed by atoms with E-state index in [2.05, 4.69) is 46.1 Å². The Bertz CT molecular complexity index is 499. The van der Waals surface area contributed by atoms with E-state index in [0.717, 1.165) is 17.4 Å². The van der Waals surface area contributed by atoms with Crippen LogP contribution < -0.4 is 10.1 Å². The van der Waals surface area contributed by atoms with Crippen LogP contribution >= 0.6 is 11.5 Å². The van der Waals surface area contributed by atoms with Crippen LogP contribution in [0.5, 0.6) is 5.75 Å². The van der Waals surface area contributed by atoms with Gasteiger partial charge in [-0.3, -0.25) is 0 Å². The molecule has 0 saturated heterocycles. The number of hydrogen-bond acceptors (Lipinski definition) is 6. The molecule has 1 N–H and O–H groups in total. The zero-order chi connectivity index (χ0) is 13.0. The van der Waals surface area contributed by atoms with Gasteiger partial charge in [0.15, 0.2) is 0 Å². The Balaban J connectivity index is 2.09. The van der Waals surface area contributed by atoms with Gasteiger partial charge in [0.25, 0.3) is 0 Å². The summed E-state index contributed by atoms with van der Waals surface area (Å²) in [4.78, 5) is 0. The number of hydrogen-bond donors (Lipinski definition) is 1. The van der Waals surface area contributed by atoms with Gasteiger partial charge in [-0.15, -0.1) is 0 Å². The van der Waals surface area contributed by atoms with Crippen LogP contribution in [0.25, 0.3) is 0 Å². The van der Waals surface area contributed by atoms with Gasteiger partial charge in [0, 0.05) is 23.5 Å². The molecule has 0 aliphatic carbocycles. The third-order valence-electron chi connectivity index (χ3n) is 2.83. The first kappa shape index (κ1) is 12.8. The van der Waals surface area contributed by atoms with Crippen LogP contribution in [0.4, 0.5) is 5.13 Å². The Kier molecular flexibility index (Phi) is 3.76. The topological polar surface area (TPSA) is 59.9 Å². The molecule has 0 aliphatic rings. The summed E-state index contributed by atoms with van der Waals surface area (Å²) in [7, 11) is 1.68. The fraction of sp³-hybridized carbons (Fsp3) is 0.417. The van der Waals surface area contributed by atoms with Gasteiger partial charge in [0.05, 0.1) is 7.11 Å². The van der Waals surface area contributed by atoms with Gasteiger partial charge in [-0.2, -0.15) is 0 Å². The minimum absolute atomic E-state index is 0.0276. The van der Waals surface area contributed by atoms with Crippen LogP contribution in [-0.2, 0) is 5.41 Å². The molecule has 1 aromatic heterocycles. The van der Waals surface area contributed by atoms with E-state index >= 15 is 0 Å². The molecule has 0 amide bonds. The first-order valence-electron chi connectivity index (χ1n) is 5.65. The number of rotatable bonds is 5. The van der Waals surface area contributed by atoms with Crippen molar-refractivity contribution in [2.75, 3.05) is 19.0 Å². The quantitative estimate of drug-likeness (QED) is 0.898. The van der Waals surface area contributed by atoms with Crippen molar-refractivity contribution in [2.45, 2.75) is 19.3 Å². The molecule has 0 spiro atoms. The molecular weight excluding hydrogens is 248 g/mol. The van der Waals surface area contributed by atoms with Gasteiger partial charge in [0.1, 0.15) is 5.75 Å². The maximum atomic E-state index is 5.25. The van der Waals surface area contributed by atoms with Crippen LogP contribution in [0.3, 0.4) is 0 Å². The summed E-state index contributed by atoms with van der Waals surface area (Å²) < 4.78 is 8.97. The molecule has 18 heavy (non-hydrogen) atoms. The van der Waals surface area contributed by atoms with Crippen LogP contribution in [-0.4, -0.2) is 28.5 Å². The van der Waals surface area contributed by atoms with Crippen LogP contribution in [0, 0.1) is 0 Å². The Hall–Kier alpha value is -1.69. The highest BCUT2D eigenvalue weighted by Gasteiger charge is 2.21. The Morgan fingerprint density at radius 1 is 1.39 bits per heavy atom. The number of anilines is 1. The van der Waals surface area contributed by atoms with Gasteiger partial charge >= 0.3 is 0 Å². The maximum Gasteiger partial charge on any atom is 0.225 e. The maximum absolute atomic E-state index is 5.25. The van der Waals surface area contributed by atoms with Crippen LogP contribution in [0.2, 0.25) is 0 Å². The van der Waals surface area contributed by atoms with Crippen molar-refractivity contribution in [1.29, 1.82) is 0 Å². The van der Waals surface area contributed by atoms with Crippen molar-refractivity contribution in [2.24, 2.45) is 0 Å². The Morgan fingerprint density at radius 3 is 2.89 bits per heavy atom. The molecule has 0 atom stereocenters. The summed E-state index contributed by atoms with van der Waals surface area (Å²) >= 11 is 1.26. The molecule has 0 fully saturated rings. The monoisotopic (exact) mass is 264 g/mol. The smallest absolute Gasteiger partial charge is 0.225 e. The van der Waals surface area contributed by atoms with Crippen molar-refractivity contribution in [3.8, 4) is 5.75 Å². The van der Waals surface area contributed by atoms with Crippen LogP contribution in [0.1, 0.15) is 19.4 Å². The third kappa shape index (κ3) is 2.95. The molecule has 6 heteroatoms. The minimum atomic E-state index is -0.0276. The Labute approximate surface area is 110 Å². The summed E-state index contributed by atoms with van der Waals surface area (Å²) in [5, 5.41) is 11.4. The predicted octanol–water partition coefficient (Wildman–Crippen LogP) is 2.33. The lowest BCUT2D eigenvalue weighted by Crippen LogP contribution is -2.27. The molecule has 2 rings (SSSR count). The van der Waals surface area contributed by atoms with Gasteiger partial charge in [-0.05, 0) is 22.9 Å². The number of aromatic nitrogens is 3. The molecule has 96 valence electrons. The van der Waals surface area contributed by atoms with E-state index in [4.69, 9.17) is 4.74 Å². The summed E-state index contributed by atoms with van der Waals surface area (Å²) in [5.74, 6) is 0.873. The SMILES string of the molecule is COc1cccc(C(C)(C)CNc2nnns2)c1. The Morgan fingerprint density at radius 2 is 2.22 bits per heavy atom. The average Bonchev–Trinajstić information content (AvgIpc) is 2.90. The molecule has 1 heterocycles. The highest BCUT2D eigenvalue weighted by atomic mass is 32.1. The average molecular weight is 264 g/mol. The fourth-order valence-electron chi connectivity index (χ4n) is 1.64. The first-order chi connectivity index (χ1) is 8.62. The molecular formula is C12H16N4OS. The molecule has 0 radical (unpaired) electrons. The third-order valence-corrected chi connectivity index (χ3v) is 3.39. The molecule has 5 nitrogen and oxygen atoms in total. The molecule has 0 saturated carbocycles. The van der Waals surface area contributed by atoms with E-state index in [0.29, 0.717) is 0 Å². The van der Waals surface area contributed by atoms with Crippen molar-refractivity contribution in [3.63, 3.8) is 0 Å². The van der Waals surface area contributed by atoms with E-state index < -0.39 is 0 Å². The van der Waals surface area contributed by atoms with E-state index in [1.165, 1.54) is 17.1 Å². The highest BCUT2D eigenvalue weighted by Crippen LogP contribution is 2.26. The summed E-state index contributed by atoms with van der Waals surface area (Å²) in [6.07, 6.45) is 0. The van der Waals surface area contributed by atoms with Gasteiger partial charge in [0.2, 0.25) is 5.13 Å². The normalized spacial score (nSPS) is 11.3. The minimum Gasteiger partial charge on any atom is -0.497 e. The van der Waals surface area contributed by atoms with E-state index in [-0.39, 0.29) is 5.41 Å². The molecule has 0 unspecified atom stereocenters. The molecule has 0 aliphatic heterocycles. The van der Waals surface area contributed by atoms with Crippen molar-refractivity contribution in [1.82, 2.24) is 14.8 Å². The van der Waals surface area contributed by atoms with Crippen molar-refractivity contribution in [3.05, 3.63) is 29.8 Å². The standard InChI is InChI=1S/C12H16N4OS/c1-12(2,8-13-11-14-15-16-18-11)9-5-4-6-10(7-9)17-3/h4-7H,8H2,1-3H3,(H,13,14,16). The van der Waals surface area contributed by atoms with Crippen LogP contribution in [0.15, 0.2) is 24.3 Å². The van der Waals surface area contributed by atoms with Crippen molar-refractivity contribution >= 4 is 16.7 Å². The zero-order valence-corrected chi connectivity index (χ0v) is 11.5. The van der Waals surface area contributed by atoms with Crippen molar-refractivity contribution < 1.29 is 4.74 Å². The summed E-state index contributed by atoms with van der Waals surface area (Å²) in [5.41, 5.74) is 1.19. The molecule has 1 aromatic carbocycles. The summed E-state index contributed by atoms with van der Waals surface area (Å²) in [6, 6.07) is 8.10. The van der Waals surface area contributed by atoms with E-state index in [1.54, 1.807) is 7.11 Å². The first-order valence-corrected chi connectivity index (χ1v) is 6.42. The number of benzene rings is 1. The highest BCUT2D eigenvalue weighted by molar-refractivity contribution is 7.09. The van der Waals surface area contributed by atoms with Gasteiger partial charge < -0.3 is 10.1 Å². The van der Waals surface area contributed by atoms with Gasteiger partial charge in [-0.25, -0.2) is 0 Å². The van der Waals surface area contributed by atoms with E-state index in [9.17, 15) is 0 Å². The largest absolute Gasteiger partial charge is 0.497 e. The second-order valence-electron chi connectivity index (χ2n) is 4.64. The fourth-order valence-corrected chi connectivity index (χ4v) is 2.00. The second kappa shape index (κ2) is 5.30.